The molecule has 3 nitrogen and oxygen atoms in total. The summed E-state index contributed by atoms with van der Waals surface area (Å²) in [6.45, 7) is 0.873. The molecule has 1 aliphatic heterocycles. The molecule has 14 heavy (non-hydrogen) atoms. The van der Waals surface area contributed by atoms with Gasteiger partial charge in [-0.1, -0.05) is 0 Å². The zero-order valence-corrected chi connectivity index (χ0v) is 9.88. The molecule has 2 N–H and O–H groups in total. The van der Waals surface area contributed by atoms with E-state index >= 15 is 0 Å². The van der Waals surface area contributed by atoms with Gasteiger partial charge in [0.2, 0.25) is 0 Å². The molecule has 0 bridgehead atoms. The first-order valence-electron chi connectivity index (χ1n) is 4.78. The predicted octanol–water partition coefficient (Wildman–Crippen LogP) is 1.65. The highest BCUT2D eigenvalue weighted by atomic mass is 32.2. The SMILES string of the molecule is CNCc1cnc(C2CSCCS2)[nH]1. The van der Waals surface area contributed by atoms with Crippen LogP contribution in [0, 0.1) is 0 Å². The van der Waals surface area contributed by atoms with E-state index in [1.54, 1.807) is 0 Å². The molecule has 0 saturated carbocycles. The lowest BCUT2D eigenvalue weighted by Crippen LogP contribution is -2.09. The molecule has 1 aromatic rings. The lowest BCUT2D eigenvalue weighted by atomic mass is 10.4. The van der Waals surface area contributed by atoms with E-state index in [9.17, 15) is 0 Å². The van der Waals surface area contributed by atoms with Gasteiger partial charge in [0.1, 0.15) is 5.82 Å². The van der Waals surface area contributed by atoms with Gasteiger partial charge in [-0.3, -0.25) is 0 Å². The summed E-state index contributed by atoms with van der Waals surface area (Å²) in [5, 5.41) is 3.69. The van der Waals surface area contributed by atoms with E-state index in [2.05, 4.69) is 15.3 Å². The van der Waals surface area contributed by atoms with E-state index < -0.39 is 0 Å². The summed E-state index contributed by atoms with van der Waals surface area (Å²) >= 11 is 4.04. The Morgan fingerprint density at radius 1 is 1.64 bits per heavy atom. The lowest BCUT2D eigenvalue weighted by Gasteiger charge is -2.18. The molecule has 1 aliphatic rings. The predicted molar refractivity (Wildman–Crippen MR) is 63.9 cm³/mol. The minimum Gasteiger partial charge on any atom is -0.344 e. The Hall–Kier alpha value is -0.130. The summed E-state index contributed by atoms with van der Waals surface area (Å²) in [6.07, 6.45) is 1.94. The van der Waals surface area contributed by atoms with Crippen molar-refractivity contribution in [2.45, 2.75) is 11.8 Å². The van der Waals surface area contributed by atoms with Gasteiger partial charge in [0.05, 0.1) is 5.25 Å². The third kappa shape index (κ3) is 2.46. The Morgan fingerprint density at radius 3 is 3.29 bits per heavy atom. The number of hydrogen-bond donors (Lipinski definition) is 2. The fourth-order valence-electron chi connectivity index (χ4n) is 1.47. The molecule has 5 heteroatoms. The number of H-pyrrole nitrogens is 1. The van der Waals surface area contributed by atoms with Crippen molar-refractivity contribution in [3.8, 4) is 0 Å². The molecule has 1 aromatic heterocycles. The normalized spacial score (nSPS) is 22.5. The average Bonchev–Trinajstić information content (AvgIpc) is 2.68. The largest absolute Gasteiger partial charge is 0.344 e. The first-order chi connectivity index (χ1) is 6.90. The first kappa shape index (κ1) is 10.4. The maximum atomic E-state index is 4.43. The van der Waals surface area contributed by atoms with Crippen LogP contribution in [-0.4, -0.2) is 34.3 Å². The number of hydrogen-bond acceptors (Lipinski definition) is 4. The van der Waals surface area contributed by atoms with Gasteiger partial charge in [-0.15, -0.1) is 11.8 Å². The third-order valence-electron chi connectivity index (χ3n) is 2.14. The average molecular weight is 229 g/mol. The molecule has 1 fully saturated rings. The standard InChI is InChI=1S/C9H15N3S2/c1-10-4-7-5-11-9(12-7)8-6-13-2-3-14-8/h5,8,10H,2-4,6H2,1H3,(H,11,12). The van der Waals surface area contributed by atoms with Crippen molar-refractivity contribution in [1.82, 2.24) is 15.3 Å². The highest BCUT2D eigenvalue weighted by Gasteiger charge is 2.18. The van der Waals surface area contributed by atoms with E-state index in [-0.39, 0.29) is 0 Å². The molecule has 0 aromatic carbocycles. The molecule has 0 aliphatic carbocycles. The number of rotatable bonds is 3. The first-order valence-corrected chi connectivity index (χ1v) is 6.98. The number of aromatic amines is 1. The number of aromatic nitrogens is 2. The van der Waals surface area contributed by atoms with E-state index in [1.807, 2.05) is 36.8 Å². The molecular weight excluding hydrogens is 214 g/mol. The van der Waals surface area contributed by atoms with E-state index in [4.69, 9.17) is 0 Å². The molecule has 1 unspecified atom stereocenters. The van der Waals surface area contributed by atoms with Gasteiger partial charge in [-0.2, -0.15) is 11.8 Å². The van der Waals surface area contributed by atoms with Crippen LogP contribution < -0.4 is 5.32 Å². The highest BCUT2D eigenvalue weighted by Crippen LogP contribution is 2.34. The van der Waals surface area contributed by atoms with Gasteiger partial charge in [-0.25, -0.2) is 4.98 Å². The van der Waals surface area contributed by atoms with Crippen molar-refractivity contribution in [2.24, 2.45) is 0 Å². The second-order valence-electron chi connectivity index (χ2n) is 3.26. The van der Waals surface area contributed by atoms with Crippen LogP contribution in [0.5, 0.6) is 0 Å². The summed E-state index contributed by atoms with van der Waals surface area (Å²) in [5.41, 5.74) is 1.18. The van der Waals surface area contributed by atoms with Crippen molar-refractivity contribution in [3.05, 3.63) is 17.7 Å². The number of thioether (sulfide) groups is 2. The van der Waals surface area contributed by atoms with Gasteiger partial charge in [0.25, 0.3) is 0 Å². The van der Waals surface area contributed by atoms with E-state index in [0.29, 0.717) is 5.25 Å². The Labute approximate surface area is 92.8 Å². The van der Waals surface area contributed by atoms with Gasteiger partial charge < -0.3 is 10.3 Å². The maximum Gasteiger partial charge on any atom is 0.120 e. The monoisotopic (exact) mass is 229 g/mol. The second-order valence-corrected chi connectivity index (χ2v) is 5.72. The van der Waals surface area contributed by atoms with Gasteiger partial charge in [0, 0.05) is 35.7 Å². The molecule has 1 saturated heterocycles. The summed E-state index contributed by atoms with van der Waals surface area (Å²) in [6, 6.07) is 0. The summed E-state index contributed by atoms with van der Waals surface area (Å²) in [4.78, 5) is 7.80. The zero-order chi connectivity index (χ0) is 9.80. The van der Waals surface area contributed by atoms with Crippen molar-refractivity contribution >= 4 is 23.5 Å². The molecule has 1 atom stereocenters. The minimum atomic E-state index is 0.569. The Balaban J connectivity index is 2.00. The van der Waals surface area contributed by atoms with Crippen LogP contribution in [-0.2, 0) is 6.54 Å². The van der Waals surface area contributed by atoms with E-state index in [1.165, 1.54) is 23.0 Å². The Kier molecular flexibility index (Phi) is 3.78. The van der Waals surface area contributed by atoms with Crippen LogP contribution in [0.3, 0.4) is 0 Å². The van der Waals surface area contributed by atoms with Crippen molar-refractivity contribution in [2.75, 3.05) is 24.3 Å². The number of nitrogens with zero attached hydrogens (tertiary/aromatic N) is 1. The third-order valence-corrected chi connectivity index (χ3v) is 4.90. The topological polar surface area (TPSA) is 40.7 Å². The quantitative estimate of drug-likeness (QED) is 0.827. The fourth-order valence-corrected chi connectivity index (χ4v) is 4.10. The van der Waals surface area contributed by atoms with Crippen LogP contribution >= 0.6 is 23.5 Å². The van der Waals surface area contributed by atoms with Gasteiger partial charge in [0.15, 0.2) is 0 Å². The fraction of sp³-hybridized carbons (Fsp3) is 0.667. The van der Waals surface area contributed by atoms with Crippen molar-refractivity contribution in [1.29, 1.82) is 0 Å². The number of imidazole rings is 1. The molecule has 78 valence electrons. The molecule has 0 amide bonds. The van der Waals surface area contributed by atoms with Crippen LogP contribution in [0.1, 0.15) is 16.8 Å². The Bertz CT molecular complexity index is 281. The van der Waals surface area contributed by atoms with Crippen LogP contribution in [0.25, 0.3) is 0 Å². The summed E-state index contributed by atoms with van der Waals surface area (Å²) in [5.74, 6) is 4.87. The maximum absolute atomic E-state index is 4.43. The van der Waals surface area contributed by atoms with Crippen LogP contribution in [0.4, 0.5) is 0 Å². The summed E-state index contributed by atoms with van der Waals surface area (Å²) in [7, 11) is 1.95. The number of nitrogens with one attached hydrogen (secondary N) is 2. The summed E-state index contributed by atoms with van der Waals surface area (Å²) < 4.78 is 0. The van der Waals surface area contributed by atoms with Crippen LogP contribution in [0.15, 0.2) is 6.20 Å². The van der Waals surface area contributed by atoms with Gasteiger partial charge >= 0.3 is 0 Å². The molecular formula is C9H15N3S2. The zero-order valence-electron chi connectivity index (χ0n) is 8.25. The molecule has 2 rings (SSSR count). The highest BCUT2D eigenvalue weighted by molar-refractivity contribution is 8.06. The minimum absolute atomic E-state index is 0.569. The molecule has 0 spiro atoms. The lowest BCUT2D eigenvalue weighted by molar-refractivity contribution is 0.791. The van der Waals surface area contributed by atoms with Crippen molar-refractivity contribution in [3.63, 3.8) is 0 Å². The molecule has 2 heterocycles. The molecule has 0 radical (unpaired) electrons. The second kappa shape index (κ2) is 5.09. The van der Waals surface area contributed by atoms with Crippen LogP contribution in [0.2, 0.25) is 0 Å². The van der Waals surface area contributed by atoms with E-state index in [0.717, 1.165) is 12.4 Å². The smallest absolute Gasteiger partial charge is 0.120 e. The Morgan fingerprint density at radius 2 is 2.57 bits per heavy atom. The van der Waals surface area contributed by atoms with Gasteiger partial charge in [-0.05, 0) is 7.05 Å². The van der Waals surface area contributed by atoms with Crippen molar-refractivity contribution < 1.29 is 0 Å².